The monoisotopic (exact) mass is 363 g/mol. The van der Waals surface area contributed by atoms with Crippen molar-refractivity contribution in [2.45, 2.75) is 31.8 Å². The van der Waals surface area contributed by atoms with Crippen LogP contribution in [0.3, 0.4) is 0 Å². The van der Waals surface area contributed by atoms with E-state index in [9.17, 15) is 14.0 Å². The fourth-order valence-corrected chi connectivity index (χ4v) is 2.58. The molecule has 0 aliphatic heterocycles. The summed E-state index contributed by atoms with van der Waals surface area (Å²) in [6.07, 6.45) is 1.51. The highest BCUT2D eigenvalue weighted by molar-refractivity contribution is 9.10. The fourth-order valence-electron chi connectivity index (χ4n) is 1.98. The van der Waals surface area contributed by atoms with Crippen molar-refractivity contribution < 1.29 is 19.1 Å². The van der Waals surface area contributed by atoms with Crippen molar-refractivity contribution in [3.63, 3.8) is 0 Å². The lowest BCUT2D eigenvalue weighted by molar-refractivity contribution is -0.141. The van der Waals surface area contributed by atoms with Gasteiger partial charge in [-0.15, -0.1) is 0 Å². The molecule has 108 valence electrons. The summed E-state index contributed by atoms with van der Waals surface area (Å²) in [6.45, 7) is 1.44. The Kier molecular flexibility index (Phi) is 4.34. The maximum atomic E-state index is 13.6. The van der Waals surface area contributed by atoms with Crippen LogP contribution in [0.15, 0.2) is 16.6 Å². The molecule has 1 fully saturated rings. The van der Waals surface area contributed by atoms with E-state index in [1.807, 2.05) is 0 Å². The topological polar surface area (TPSA) is 57.6 Å². The normalized spacial score (nSPS) is 15.8. The maximum absolute atomic E-state index is 13.6. The highest BCUT2D eigenvalue weighted by atomic mass is 79.9. The molecule has 4 nitrogen and oxygen atoms in total. The van der Waals surface area contributed by atoms with Crippen LogP contribution in [0.4, 0.5) is 4.39 Å². The van der Waals surface area contributed by atoms with Gasteiger partial charge in [0.05, 0.1) is 10.0 Å². The first-order chi connectivity index (χ1) is 9.32. The summed E-state index contributed by atoms with van der Waals surface area (Å²) in [6, 6.07) is 1.34. The third kappa shape index (κ3) is 2.96. The number of amides is 1. The van der Waals surface area contributed by atoms with Gasteiger partial charge in [0.1, 0.15) is 11.9 Å². The predicted molar refractivity (Wildman–Crippen MR) is 75.4 cm³/mol. The summed E-state index contributed by atoms with van der Waals surface area (Å²) in [5, 5.41) is 9.19. The predicted octanol–water partition coefficient (Wildman–Crippen LogP) is 3.32. The van der Waals surface area contributed by atoms with Crippen LogP contribution in [0.1, 0.15) is 30.1 Å². The van der Waals surface area contributed by atoms with Gasteiger partial charge in [-0.3, -0.25) is 4.79 Å². The Bertz CT molecular complexity index is 577. The number of nitrogens with zero attached hydrogens (tertiary/aromatic N) is 1. The average Bonchev–Trinajstić information content (AvgIpc) is 3.18. The first kappa shape index (κ1) is 15.3. The Hall–Kier alpha value is -1.14. The molecule has 1 unspecified atom stereocenters. The molecule has 0 aromatic heterocycles. The van der Waals surface area contributed by atoms with E-state index in [1.54, 1.807) is 0 Å². The number of benzene rings is 1. The fraction of sp³-hybridized carbons (Fsp3) is 0.385. The lowest BCUT2D eigenvalue weighted by Gasteiger charge is -2.27. The molecule has 1 aliphatic rings. The molecule has 0 heterocycles. The summed E-state index contributed by atoms with van der Waals surface area (Å²) >= 11 is 8.77. The molecule has 1 aliphatic carbocycles. The average molecular weight is 365 g/mol. The summed E-state index contributed by atoms with van der Waals surface area (Å²) < 4.78 is 13.6. The standard InChI is InChI=1S/C13H12BrClFNO3/c1-6(13(19)20)17(8-2-3-8)12(18)9-4-7(15)5-10(16)11(9)14/h4-6,8H,2-3H2,1H3,(H,19,20). The van der Waals surface area contributed by atoms with E-state index in [0.29, 0.717) is 0 Å². The number of carboxylic acid groups (broad SMARTS) is 1. The van der Waals surface area contributed by atoms with Gasteiger partial charge in [-0.1, -0.05) is 11.6 Å². The molecule has 0 saturated heterocycles. The molecule has 1 aromatic carbocycles. The molecule has 1 N–H and O–H groups in total. The van der Waals surface area contributed by atoms with Gasteiger partial charge in [-0.05, 0) is 47.8 Å². The van der Waals surface area contributed by atoms with Crippen LogP contribution in [0.5, 0.6) is 0 Å². The highest BCUT2D eigenvalue weighted by Gasteiger charge is 2.39. The van der Waals surface area contributed by atoms with Gasteiger partial charge in [-0.2, -0.15) is 0 Å². The number of hydrogen-bond acceptors (Lipinski definition) is 2. The zero-order valence-electron chi connectivity index (χ0n) is 10.6. The second-order valence-electron chi connectivity index (χ2n) is 4.71. The van der Waals surface area contributed by atoms with Crippen LogP contribution in [0.2, 0.25) is 5.02 Å². The number of aliphatic carboxylic acids is 1. The van der Waals surface area contributed by atoms with E-state index >= 15 is 0 Å². The van der Waals surface area contributed by atoms with E-state index in [-0.39, 0.29) is 21.1 Å². The molecule has 0 radical (unpaired) electrons. The number of halogens is 3. The van der Waals surface area contributed by atoms with Crippen molar-refractivity contribution in [1.82, 2.24) is 4.90 Å². The second kappa shape index (κ2) is 5.69. The Morgan fingerprint density at radius 1 is 1.50 bits per heavy atom. The summed E-state index contributed by atoms with van der Waals surface area (Å²) in [5.41, 5.74) is 0.0370. The van der Waals surface area contributed by atoms with Gasteiger partial charge in [0.2, 0.25) is 0 Å². The van der Waals surface area contributed by atoms with Gasteiger partial charge < -0.3 is 10.0 Å². The molecule has 2 rings (SSSR count). The zero-order valence-corrected chi connectivity index (χ0v) is 12.9. The van der Waals surface area contributed by atoms with Crippen molar-refractivity contribution in [2.75, 3.05) is 0 Å². The van der Waals surface area contributed by atoms with Gasteiger partial charge >= 0.3 is 5.97 Å². The smallest absolute Gasteiger partial charge is 0.326 e. The first-order valence-corrected chi connectivity index (χ1v) is 7.20. The van der Waals surface area contributed by atoms with Crippen LogP contribution >= 0.6 is 27.5 Å². The minimum atomic E-state index is -1.09. The van der Waals surface area contributed by atoms with Crippen molar-refractivity contribution in [3.8, 4) is 0 Å². The third-order valence-corrected chi connectivity index (χ3v) is 4.20. The third-order valence-electron chi connectivity index (χ3n) is 3.17. The highest BCUT2D eigenvalue weighted by Crippen LogP contribution is 2.33. The number of rotatable bonds is 4. The molecular formula is C13H12BrClFNO3. The van der Waals surface area contributed by atoms with Crippen LogP contribution in [-0.4, -0.2) is 34.0 Å². The van der Waals surface area contributed by atoms with E-state index in [0.717, 1.165) is 18.9 Å². The molecule has 1 saturated carbocycles. The van der Waals surface area contributed by atoms with Crippen molar-refractivity contribution in [2.24, 2.45) is 0 Å². The Morgan fingerprint density at radius 3 is 2.60 bits per heavy atom. The van der Waals surface area contributed by atoms with Crippen LogP contribution in [-0.2, 0) is 4.79 Å². The minimum Gasteiger partial charge on any atom is -0.480 e. The zero-order chi connectivity index (χ0) is 15.0. The summed E-state index contributed by atoms with van der Waals surface area (Å²) in [4.78, 5) is 24.9. The van der Waals surface area contributed by atoms with Crippen LogP contribution in [0, 0.1) is 5.82 Å². The summed E-state index contributed by atoms with van der Waals surface area (Å²) in [5.74, 6) is -2.28. The minimum absolute atomic E-state index is 0.00450. The largest absolute Gasteiger partial charge is 0.480 e. The lowest BCUT2D eigenvalue weighted by Crippen LogP contribution is -2.44. The van der Waals surface area contributed by atoms with Crippen LogP contribution < -0.4 is 0 Å². The second-order valence-corrected chi connectivity index (χ2v) is 5.94. The molecule has 0 bridgehead atoms. The van der Waals surface area contributed by atoms with Crippen molar-refractivity contribution >= 4 is 39.4 Å². The van der Waals surface area contributed by atoms with Gasteiger partial charge in [0.15, 0.2) is 0 Å². The molecule has 1 aromatic rings. The van der Waals surface area contributed by atoms with E-state index in [1.165, 1.54) is 17.9 Å². The van der Waals surface area contributed by atoms with Crippen molar-refractivity contribution in [1.29, 1.82) is 0 Å². The molecule has 0 spiro atoms. The molecular weight excluding hydrogens is 353 g/mol. The number of carboxylic acids is 1. The first-order valence-electron chi connectivity index (χ1n) is 6.03. The summed E-state index contributed by atoms with van der Waals surface area (Å²) in [7, 11) is 0. The van der Waals surface area contributed by atoms with E-state index in [2.05, 4.69) is 15.9 Å². The quantitative estimate of drug-likeness (QED) is 0.834. The SMILES string of the molecule is CC(C(=O)O)N(C(=O)c1cc(Cl)cc(F)c1Br)C1CC1. The number of hydrogen-bond donors (Lipinski definition) is 1. The Morgan fingerprint density at radius 2 is 2.10 bits per heavy atom. The molecule has 1 amide bonds. The molecule has 1 atom stereocenters. The van der Waals surface area contributed by atoms with Gasteiger partial charge in [-0.25, -0.2) is 9.18 Å². The lowest BCUT2D eigenvalue weighted by atomic mass is 10.1. The van der Waals surface area contributed by atoms with E-state index < -0.39 is 23.7 Å². The number of carbonyl (C=O) groups excluding carboxylic acids is 1. The van der Waals surface area contributed by atoms with Gasteiger partial charge in [0.25, 0.3) is 5.91 Å². The molecule has 20 heavy (non-hydrogen) atoms. The van der Waals surface area contributed by atoms with Gasteiger partial charge in [0, 0.05) is 11.1 Å². The molecule has 7 heteroatoms. The van der Waals surface area contributed by atoms with E-state index in [4.69, 9.17) is 16.7 Å². The Balaban J connectivity index is 2.40. The number of carbonyl (C=O) groups is 2. The van der Waals surface area contributed by atoms with Crippen LogP contribution in [0.25, 0.3) is 0 Å². The maximum Gasteiger partial charge on any atom is 0.326 e. The van der Waals surface area contributed by atoms with Crippen molar-refractivity contribution in [3.05, 3.63) is 33.0 Å². The Labute approximate surface area is 128 Å².